The fourth-order valence-electron chi connectivity index (χ4n) is 5.38. The third kappa shape index (κ3) is 4.78. The number of pyridine rings is 2. The van der Waals surface area contributed by atoms with E-state index < -0.39 is 11.7 Å². The van der Waals surface area contributed by atoms with Gasteiger partial charge in [0, 0.05) is 54.5 Å². The van der Waals surface area contributed by atoms with Gasteiger partial charge in [0.2, 0.25) is 0 Å². The zero-order chi connectivity index (χ0) is 28.1. The SMILES string of the molecule is COc1cc(F)cc(-c2cccc3[nH]c(-c4n[nH]c5cnc(-c6cncc(CN7CCC(F)(F)C7)c6)cc45)nc23)c1. The van der Waals surface area contributed by atoms with Crippen LogP contribution < -0.4 is 4.74 Å². The van der Waals surface area contributed by atoms with E-state index in [1.165, 1.54) is 19.2 Å². The smallest absolute Gasteiger partial charge is 0.261 e. The molecule has 8 nitrogen and oxygen atoms in total. The van der Waals surface area contributed by atoms with Crippen molar-refractivity contribution in [3.05, 3.63) is 78.5 Å². The Morgan fingerprint density at radius 2 is 1.93 bits per heavy atom. The Morgan fingerprint density at radius 1 is 1.02 bits per heavy atom. The number of nitrogens with one attached hydrogen (secondary N) is 2. The van der Waals surface area contributed by atoms with Crippen molar-refractivity contribution >= 4 is 21.9 Å². The third-order valence-electron chi connectivity index (χ3n) is 7.35. The Bertz CT molecular complexity index is 1920. The average Bonchev–Trinajstić information content (AvgIpc) is 3.68. The molecule has 206 valence electrons. The van der Waals surface area contributed by atoms with Gasteiger partial charge in [-0.3, -0.25) is 20.0 Å². The van der Waals surface area contributed by atoms with Crippen molar-refractivity contribution in [3.8, 4) is 39.7 Å². The Kier molecular flexibility index (Phi) is 5.97. The molecule has 0 atom stereocenters. The monoisotopic (exact) mass is 555 g/mol. The minimum absolute atomic E-state index is 0.124. The van der Waals surface area contributed by atoms with E-state index in [9.17, 15) is 13.2 Å². The minimum atomic E-state index is -2.64. The van der Waals surface area contributed by atoms with Crippen LogP contribution in [0.25, 0.3) is 55.8 Å². The zero-order valence-electron chi connectivity index (χ0n) is 22.0. The van der Waals surface area contributed by atoms with Gasteiger partial charge in [-0.2, -0.15) is 5.10 Å². The molecule has 1 fully saturated rings. The van der Waals surface area contributed by atoms with Crippen molar-refractivity contribution in [2.45, 2.75) is 18.9 Å². The van der Waals surface area contributed by atoms with Crippen LogP contribution in [0.3, 0.4) is 0 Å². The number of H-pyrrole nitrogens is 2. The predicted octanol–water partition coefficient (Wildman–Crippen LogP) is 6.22. The van der Waals surface area contributed by atoms with Crippen LogP contribution in [0.5, 0.6) is 5.75 Å². The molecule has 2 N–H and O–H groups in total. The summed E-state index contributed by atoms with van der Waals surface area (Å²) < 4.78 is 46.8. The lowest BCUT2D eigenvalue weighted by Gasteiger charge is -2.15. The maximum atomic E-state index is 14.3. The van der Waals surface area contributed by atoms with Gasteiger partial charge in [-0.05, 0) is 41.5 Å². The van der Waals surface area contributed by atoms with Crippen LogP contribution in [0.2, 0.25) is 0 Å². The van der Waals surface area contributed by atoms with Gasteiger partial charge >= 0.3 is 0 Å². The highest BCUT2D eigenvalue weighted by molar-refractivity contribution is 5.97. The molecule has 4 aromatic heterocycles. The van der Waals surface area contributed by atoms with Crippen molar-refractivity contribution in [1.82, 2.24) is 35.0 Å². The number of rotatable bonds is 6. The fraction of sp³-hybridized carbons (Fsp3) is 0.200. The highest BCUT2D eigenvalue weighted by atomic mass is 19.3. The van der Waals surface area contributed by atoms with Crippen LogP contribution in [0, 0.1) is 5.82 Å². The molecule has 0 unspecified atom stereocenters. The molecule has 1 saturated heterocycles. The topological polar surface area (TPSA) is 95.6 Å². The number of aromatic nitrogens is 6. The van der Waals surface area contributed by atoms with Crippen molar-refractivity contribution in [1.29, 1.82) is 0 Å². The van der Waals surface area contributed by atoms with Crippen LogP contribution in [0.1, 0.15) is 12.0 Å². The molecule has 0 spiro atoms. The lowest BCUT2D eigenvalue weighted by Crippen LogP contribution is -2.24. The molecule has 1 aliphatic heterocycles. The summed E-state index contributed by atoms with van der Waals surface area (Å²) in [7, 11) is 1.50. The molecule has 6 aromatic rings. The standard InChI is InChI=1S/C30H24F3N7O/c1-41-21-9-18(8-20(31)10-21)22-3-2-4-24-27(22)37-29(36-24)28-23-11-25(35-14-26(23)38-39-28)19-7-17(12-34-13-19)15-40-6-5-30(32,33)16-40/h2-4,7-14H,5-6,15-16H2,1H3,(H,36,37)(H,38,39). The number of hydrogen-bond acceptors (Lipinski definition) is 6. The van der Waals surface area contributed by atoms with Crippen LogP contribution in [-0.4, -0.2) is 61.2 Å². The molecule has 41 heavy (non-hydrogen) atoms. The van der Waals surface area contributed by atoms with E-state index in [-0.39, 0.29) is 13.0 Å². The van der Waals surface area contributed by atoms with Gasteiger partial charge in [0.15, 0.2) is 5.82 Å². The van der Waals surface area contributed by atoms with E-state index >= 15 is 0 Å². The number of para-hydroxylation sites is 1. The quantitative estimate of drug-likeness (QED) is 0.253. The summed E-state index contributed by atoms with van der Waals surface area (Å²) in [5.41, 5.74) is 6.46. The van der Waals surface area contributed by atoms with Gasteiger partial charge in [-0.25, -0.2) is 18.2 Å². The van der Waals surface area contributed by atoms with Crippen LogP contribution in [-0.2, 0) is 6.54 Å². The Hall–Kier alpha value is -4.77. The number of hydrogen-bond donors (Lipinski definition) is 2. The summed E-state index contributed by atoms with van der Waals surface area (Å²) in [5, 5.41) is 8.32. The number of fused-ring (bicyclic) bond motifs is 2. The molecule has 0 radical (unpaired) electrons. The second-order valence-corrected chi connectivity index (χ2v) is 10.3. The fourth-order valence-corrected chi connectivity index (χ4v) is 5.38. The number of alkyl halides is 2. The highest BCUT2D eigenvalue weighted by Crippen LogP contribution is 2.34. The summed E-state index contributed by atoms with van der Waals surface area (Å²) in [6, 6.07) is 14.1. The summed E-state index contributed by atoms with van der Waals surface area (Å²) >= 11 is 0. The largest absolute Gasteiger partial charge is 0.497 e. The van der Waals surface area contributed by atoms with Crippen LogP contribution in [0.4, 0.5) is 13.2 Å². The summed E-state index contributed by atoms with van der Waals surface area (Å²) in [5.74, 6) is -2.08. The van der Waals surface area contributed by atoms with Crippen molar-refractivity contribution in [2.24, 2.45) is 0 Å². The molecule has 0 saturated carbocycles. The predicted molar refractivity (Wildman–Crippen MR) is 149 cm³/mol. The van der Waals surface area contributed by atoms with Gasteiger partial charge in [0.25, 0.3) is 5.92 Å². The van der Waals surface area contributed by atoms with Crippen LogP contribution >= 0.6 is 0 Å². The number of benzene rings is 2. The third-order valence-corrected chi connectivity index (χ3v) is 7.35. The first-order valence-electron chi connectivity index (χ1n) is 13.1. The Labute approximate surface area is 232 Å². The number of imidazole rings is 1. The van der Waals surface area contributed by atoms with E-state index in [0.29, 0.717) is 47.1 Å². The normalized spacial score (nSPS) is 15.2. The molecular weight excluding hydrogens is 531 g/mol. The Balaban J connectivity index is 1.25. The molecule has 2 aromatic carbocycles. The summed E-state index contributed by atoms with van der Waals surface area (Å²) in [4.78, 5) is 18.8. The number of nitrogens with zero attached hydrogens (tertiary/aromatic N) is 5. The van der Waals surface area contributed by atoms with Gasteiger partial charge in [0.1, 0.15) is 17.3 Å². The second kappa shape index (κ2) is 9.70. The number of halogens is 3. The van der Waals surface area contributed by atoms with Crippen molar-refractivity contribution in [2.75, 3.05) is 20.2 Å². The molecule has 5 heterocycles. The number of methoxy groups -OCH3 is 1. The molecule has 0 aliphatic carbocycles. The van der Waals surface area contributed by atoms with E-state index in [0.717, 1.165) is 33.1 Å². The maximum absolute atomic E-state index is 14.3. The van der Waals surface area contributed by atoms with Gasteiger partial charge in [0.05, 0.1) is 42.1 Å². The van der Waals surface area contributed by atoms with E-state index in [1.54, 1.807) is 29.6 Å². The maximum Gasteiger partial charge on any atom is 0.261 e. The van der Waals surface area contributed by atoms with E-state index in [2.05, 4.69) is 25.1 Å². The zero-order valence-corrected chi connectivity index (χ0v) is 22.0. The average molecular weight is 556 g/mol. The lowest BCUT2D eigenvalue weighted by molar-refractivity contribution is 0.0115. The van der Waals surface area contributed by atoms with Gasteiger partial charge in [-0.15, -0.1) is 0 Å². The van der Waals surface area contributed by atoms with Crippen LogP contribution in [0.15, 0.2) is 67.1 Å². The summed E-state index contributed by atoms with van der Waals surface area (Å²) in [6.45, 7) is 0.506. The first-order valence-corrected chi connectivity index (χ1v) is 13.1. The van der Waals surface area contributed by atoms with Gasteiger partial charge < -0.3 is 9.72 Å². The van der Waals surface area contributed by atoms with Crippen molar-refractivity contribution in [3.63, 3.8) is 0 Å². The minimum Gasteiger partial charge on any atom is -0.497 e. The van der Waals surface area contributed by atoms with Gasteiger partial charge in [-0.1, -0.05) is 12.1 Å². The molecule has 11 heteroatoms. The Morgan fingerprint density at radius 3 is 2.76 bits per heavy atom. The van der Waals surface area contributed by atoms with E-state index in [1.807, 2.05) is 30.3 Å². The number of likely N-dealkylation sites (tertiary alicyclic amines) is 1. The van der Waals surface area contributed by atoms with E-state index in [4.69, 9.17) is 9.72 Å². The first kappa shape index (κ1) is 25.2. The molecule has 1 aliphatic rings. The number of ether oxygens (including phenoxy) is 1. The molecule has 7 rings (SSSR count). The number of aromatic amines is 2. The molecule has 0 amide bonds. The highest BCUT2D eigenvalue weighted by Gasteiger charge is 2.37. The second-order valence-electron chi connectivity index (χ2n) is 10.3. The lowest BCUT2D eigenvalue weighted by atomic mass is 10.0. The molecular formula is C30H24F3N7O. The summed E-state index contributed by atoms with van der Waals surface area (Å²) in [6.07, 6.45) is 4.97. The molecule has 0 bridgehead atoms. The first-order chi connectivity index (χ1) is 19.8. The van der Waals surface area contributed by atoms with Crippen molar-refractivity contribution < 1.29 is 17.9 Å².